The van der Waals surface area contributed by atoms with Crippen molar-refractivity contribution in [2.45, 2.75) is 25.3 Å². The molecule has 0 fully saturated rings. The Morgan fingerprint density at radius 3 is 2.30 bits per heavy atom. The van der Waals surface area contributed by atoms with Crippen molar-refractivity contribution in [3.63, 3.8) is 0 Å². The van der Waals surface area contributed by atoms with Crippen molar-refractivity contribution in [1.29, 1.82) is 0 Å². The van der Waals surface area contributed by atoms with E-state index in [1.807, 2.05) is 24.3 Å². The van der Waals surface area contributed by atoms with Crippen LogP contribution in [0.25, 0.3) is 0 Å². The summed E-state index contributed by atoms with van der Waals surface area (Å²) in [7, 11) is -2.07. The van der Waals surface area contributed by atoms with E-state index in [1.165, 1.54) is 12.1 Å². The second-order valence-corrected chi connectivity index (χ2v) is 7.75. The van der Waals surface area contributed by atoms with Gasteiger partial charge in [0.25, 0.3) is 0 Å². The van der Waals surface area contributed by atoms with Gasteiger partial charge in [-0.2, -0.15) is 0 Å². The zero-order valence-electron chi connectivity index (χ0n) is 16.1. The Hall–Kier alpha value is -2.09. The average molecular weight is 393 g/mol. The first-order chi connectivity index (χ1) is 13.0. The third kappa shape index (κ3) is 6.23. The van der Waals surface area contributed by atoms with Crippen molar-refractivity contribution in [3.05, 3.63) is 54.1 Å². The van der Waals surface area contributed by atoms with E-state index in [1.54, 1.807) is 19.2 Å². The summed E-state index contributed by atoms with van der Waals surface area (Å²) in [6.45, 7) is 7.74. The number of para-hydroxylation sites is 1. The Balaban J connectivity index is 2.00. The van der Waals surface area contributed by atoms with Crippen LogP contribution in [0.15, 0.2) is 53.4 Å². The first-order valence-corrected chi connectivity index (χ1v) is 10.5. The largest absolute Gasteiger partial charge is 0.497 e. The molecule has 0 aromatic heterocycles. The summed E-state index contributed by atoms with van der Waals surface area (Å²) in [5.74, 6) is 1.31. The van der Waals surface area contributed by atoms with Crippen LogP contribution in [0.5, 0.6) is 11.5 Å². The molecule has 0 aliphatic carbocycles. The monoisotopic (exact) mass is 392 g/mol. The van der Waals surface area contributed by atoms with Crippen LogP contribution < -0.4 is 14.2 Å². The van der Waals surface area contributed by atoms with Gasteiger partial charge in [-0.25, -0.2) is 13.1 Å². The van der Waals surface area contributed by atoms with Crippen LogP contribution in [0.3, 0.4) is 0 Å². The molecule has 2 aromatic rings. The predicted molar refractivity (Wildman–Crippen MR) is 107 cm³/mol. The first-order valence-electron chi connectivity index (χ1n) is 9.07. The van der Waals surface area contributed by atoms with Crippen molar-refractivity contribution in [1.82, 2.24) is 9.62 Å². The molecule has 1 N–H and O–H groups in total. The van der Waals surface area contributed by atoms with Crippen LogP contribution in [0.1, 0.15) is 19.4 Å². The molecule has 2 aromatic carbocycles. The number of methoxy groups -OCH3 is 1. The smallest absolute Gasteiger partial charge is 0.240 e. The Labute approximate surface area is 162 Å². The Bertz CT molecular complexity index is 803. The summed E-state index contributed by atoms with van der Waals surface area (Å²) < 4.78 is 38.6. The topological polar surface area (TPSA) is 67.9 Å². The molecule has 0 saturated carbocycles. The number of nitrogens with one attached hydrogen (secondary N) is 1. The molecule has 0 aliphatic rings. The van der Waals surface area contributed by atoms with Gasteiger partial charge < -0.3 is 14.4 Å². The summed E-state index contributed by atoms with van der Waals surface area (Å²) >= 11 is 0. The maximum atomic E-state index is 12.5. The minimum absolute atomic E-state index is 0.163. The maximum Gasteiger partial charge on any atom is 0.240 e. The molecule has 27 heavy (non-hydrogen) atoms. The number of rotatable bonds is 11. The van der Waals surface area contributed by atoms with E-state index in [9.17, 15) is 8.42 Å². The lowest BCUT2D eigenvalue weighted by Gasteiger charge is -2.19. The van der Waals surface area contributed by atoms with Gasteiger partial charge in [0, 0.05) is 18.7 Å². The molecule has 6 nitrogen and oxygen atoms in total. The molecule has 148 valence electrons. The van der Waals surface area contributed by atoms with Crippen molar-refractivity contribution < 1.29 is 17.9 Å². The van der Waals surface area contributed by atoms with E-state index in [4.69, 9.17) is 9.47 Å². The lowest BCUT2D eigenvalue weighted by molar-refractivity contribution is 0.221. The van der Waals surface area contributed by atoms with E-state index in [2.05, 4.69) is 23.5 Å². The van der Waals surface area contributed by atoms with E-state index >= 15 is 0 Å². The number of ether oxygens (including phenoxy) is 2. The first kappa shape index (κ1) is 21.2. The summed E-state index contributed by atoms with van der Waals surface area (Å²) in [6.07, 6.45) is 0. The minimum Gasteiger partial charge on any atom is -0.497 e. The lowest BCUT2D eigenvalue weighted by atomic mass is 10.2. The number of hydrogen-bond donors (Lipinski definition) is 1. The number of hydrogen-bond acceptors (Lipinski definition) is 5. The van der Waals surface area contributed by atoms with Crippen LogP contribution in [-0.2, 0) is 16.6 Å². The van der Waals surface area contributed by atoms with E-state index in [0.717, 1.165) is 25.2 Å². The van der Waals surface area contributed by atoms with Crippen LogP contribution in [0.4, 0.5) is 0 Å². The van der Waals surface area contributed by atoms with Crippen molar-refractivity contribution in [3.8, 4) is 11.5 Å². The average Bonchev–Trinajstić information content (AvgIpc) is 2.70. The van der Waals surface area contributed by atoms with Gasteiger partial charge in [-0.1, -0.05) is 32.0 Å². The van der Waals surface area contributed by atoms with Gasteiger partial charge in [-0.3, -0.25) is 0 Å². The van der Waals surface area contributed by atoms with Gasteiger partial charge in [0.05, 0.1) is 12.0 Å². The van der Waals surface area contributed by atoms with Crippen molar-refractivity contribution in [2.24, 2.45) is 0 Å². The molecule has 0 unspecified atom stereocenters. The standard InChI is InChI=1S/C20H28N2O4S/c1-4-22(5-2)14-15-26-20-9-7-6-8-17(20)16-21-27(23,24)19-12-10-18(25-3)11-13-19/h6-13,21H,4-5,14-16H2,1-3H3. The van der Waals surface area contributed by atoms with Crippen LogP contribution in [-0.4, -0.2) is 46.7 Å². The van der Waals surface area contributed by atoms with Crippen LogP contribution in [0.2, 0.25) is 0 Å². The summed E-state index contributed by atoms with van der Waals surface area (Å²) in [6, 6.07) is 13.8. The molecule has 0 spiro atoms. The highest BCUT2D eigenvalue weighted by atomic mass is 32.2. The predicted octanol–water partition coefficient (Wildman–Crippen LogP) is 2.89. The second-order valence-electron chi connectivity index (χ2n) is 5.98. The fraction of sp³-hybridized carbons (Fsp3) is 0.400. The van der Waals surface area contributed by atoms with Gasteiger partial charge in [0.15, 0.2) is 0 Å². The zero-order chi connectivity index (χ0) is 19.7. The third-order valence-corrected chi connectivity index (χ3v) is 5.77. The molecule has 2 rings (SSSR count). The molecule has 0 heterocycles. The van der Waals surface area contributed by atoms with Gasteiger partial charge in [0.1, 0.15) is 18.1 Å². The fourth-order valence-electron chi connectivity index (χ4n) is 2.63. The van der Waals surface area contributed by atoms with E-state index in [-0.39, 0.29) is 11.4 Å². The quantitative estimate of drug-likeness (QED) is 0.637. The highest BCUT2D eigenvalue weighted by Gasteiger charge is 2.15. The number of benzene rings is 2. The molecular formula is C20H28N2O4S. The molecule has 0 saturated heterocycles. The molecule has 7 heteroatoms. The van der Waals surface area contributed by atoms with Crippen molar-refractivity contribution >= 4 is 10.0 Å². The van der Waals surface area contributed by atoms with Crippen molar-refractivity contribution in [2.75, 3.05) is 33.4 Å². The third-order valence-electron chi connectivity index (χ3n) is 4.35. The molecule has 0 atom stereocenters. The summed E-state index contributed by atoms with van der Waals surface area (Å²) in [5.41, 5.74) is 0.800. The van der Waals surface area contributed by atoms with Gasteiger partial charge in [-0.15, -0.1) is 0 Å². The highest BCUT2D eigenvalue weighted by molar-refractivity contribution is 7.89. The lowest BCUT2D eigenvalue weighted by Crippen LogP contribution is -2.28. The number of sulfonamides is 1. The Morgan fingerprint density at radius 2 is 1.67 bits per heavy atom. The normalized spacial score (nSPS) is 11.6. The number of nitrogens with zero attached hydrogens (tertiary/aromatic N) is 1. The number of likely N-dealkylation sites (N-methyl/N-ethyl adjacent to an activating group) is 1. The molecular weight excluding hydrogens is 364 g/mol. The molecule has 0 amide bonds. The zero-order valence-corrected chi connectivity index (χ0v) is 17.0. The molecule has 0 bridgehead atoms. The minimum atomic E-state index is -3.61. The summed E-state index contributed by atoms with van der Waals surface area (Å²) in [5, 5.41) is 0. The van der Waals surface area contributed by atoms with Gasteiger partial charge >= 0.3 is 0 Å². The van der Waals surface area contributed by atoms with Crippen LogP contribution in [0, 0.1) is 0 Å². The molecule has 0 aliphatic heterocycles. The van der Waals surface area contributed by atoms with Gasteiger partial charge in [-0.05, 0) is 43.4 Å². The highest BCUT2D eigenvalue weighted by Crippen LogP contribution is 2.20. The maximum absolute atomic E-state index is 12.5. The Morgan fingerprint density at radius 1 is 1.00 bits per heavy atom. The Kier molecular flexibility index (Phi) is 8.09. The molecule has 0 radical (unpaired) electrons. The fourth-order valence-corrected chi connectivity index (χ4v) is 3.63. The SMILES string of the molecule is CCN(CC)CCOc1ccccc1CNS(=O)(=O)c1ccc(OC)cc1. The van der Waals surface area contributed by atoms with Crippen LogP contribution >= 0.6 is 0 Å². The second kappa shape index (κ2) is 10.3. The van der Waals surface area contributed by atoms with E-state index < -0.39 is 10.0 Å². The van der Waals surface area contributed by atoms with Gasteiger partial charge in [0.2, 0.25) is 10.0 Å². The summed E-state index contributed by atoms with van der Waals surface area (Å²) in [4.78, 5) is 2.47. The van der Waals surface area contributed by atoms with E-state index in [0.29, 0.717) is 18.1 Å².